The van der Waals surface area contributed by atoms with Crippen molar-refractivity contribution in [3.8, 4) is 5.75 Å². The Morgan fingerprint density at radius 2 is 1.91 bits per heavy atom. The van der Waals surface area contributed by atoms with Crippen LogP contribution in [0, 0.1) is 5.82 Å². The first-order valence-corrected chi connectivity index (χ1v) is 8.04. The minimum Gasteiger partial charge on any atom is -0.496 e. The molecule has 0 spiro atoms. The van der Waals surface area contributed by atoms with Crippen LogP contribution < -0.4 is 14.8 Å². The van der Waals surface area contributed by atoms with E-state index in [1.807, 2.05) is 0 Å². The van der Waals surface area contributed by atoms with Gasteiger partial charge in [0.1, 0.15) is 11.6 Å². The molecule has 2 aromatic rings. The molecule has 0 aliphatic heterocycles. The van der Waals surface area contributed by atoms with Crippen molar-refractivity contribution in [3.63, 3.8) is 0 Å². The van der Waals surface area contributed by atoms with Crippen LogP contribution in [0.5, 0.6) is 5.75 Å². The average Bonchev–Trinajstić information content (AvgIpc) is 2.53. The normalized spacial score (nSPS) is 10.9. The van der Waals surface area contributed by atoms with Crippen molar-refractivity contribution in [2.45, 2.75) is 4.90 Å². The van der Waals surface area contributed by atoms with Crippen molar-refractivity contribution < 1.29 is 22.3 Å². The zero-order chi connectivity index (χ0) is 17.0. The lowest BCUT2D eigenvalue weighted by atomic mass is 10.2. The Bertz CT molecular complexity index is 837. The minimum absolute atomic E-state index is 0.0807. The van der Waals surface area contributed by atoms with Gasteiger partial charge in [0.15, 0.2) is 0 Å². The van der Waals surface area contributed by atoms with Crippen molar-refractivity contribution in [1.29, 1.82) is 0 Å². The van der Waals surface area contributed by atoms with Gasteiger partial charge >= 0.3 is 0 Å². The molecule has 0 saturated carbocycles. The second-order valence-electron chi connectivity index (χ2n) is 4.56. The molecule has 0 unspecified atom stereocenters. The largest absolute Gasteiger partial charge is 0.496 e. The number of amides is 1. The number of anilines is 1. The van der Waals surface area contributed by atoms with E-state index in [1.54, 1.807) is 0 Å². The number of sulfonamides is 1. The lowest BCUT2D eigenvalue weighted by Crippen LogP contribution is -2.20. The number of hydrogen-bond acceptors (Lipinski definition) is 4. The molecule has 0 bridgehead atoms. The summed E-state index contributed by atoms with van der Waals surface area (Å²) in [5.41, 5.74) is 0.166. The third-order valence-corrected chi connectivity index (χ3v) is 4.41. The average molecular weight is 338 g/mol. The molecule has 6 nitrogen and oxygen atoms in total. The van der Waals surface area contributed by atoms with Crippen LogP contribution in [0.15, 0.2) is 47.4 Å². The molecule has 0 aliphatic rings. The lowest BCUT2D eigenvalue weighted by molar-refractivity contribution is 0.0960. The van der Waals surface area contributed by atoms with Gasteiger partial charge in [0.2, 0.25) is 0 Å². The maximum absolute atomic E-state index is 13.2. The van der Waals surface area contributed by atoms with Gasteiger partial charge in [0.05, 0.1) is 23.3 Å². The van der Waals surface area contributed by atoms with Crippen molar-refractivity contribution >= 4 is 21.6 Å². The van der Waals surface area contributed by atoms with E-state index in [9.17, 15) is 17.6 Å². The van der Waals surface area contributed by atoms with Gasteiger partial charge in [-0.1, -0.05) is 6.07 Å². The van der Waals surface area contributed by atoms with Crippen molar-refractivity contribution in [1.82, 2.24) is 5.32 Å². The van der Waals surface area contributed by atoms with E-state index in [2.05, 4.69) is 10.0 Å². The number of benzene rings is 2. The van der Waals surface area contributed by atoms with Gasteiger partial charge < -0.3 is 10.1 Å². The smallest absolute Gasteiger partial charge is 0.261 e. The Labute approximate surface area is 133 Å². The number of carbonyl (C=O) groups is 1. The van der Waals surface area contributed by atoms with E-state index in [1.165, 1.54) is 50.6 Å². The molecule has 122 valence electrons. The molecule has 8 heteroatoms. The van der Waals surface area contributed by atoms with Gasteiger partial charge in [0.25, 0.3) is 15.9 Å². The fraction of sp³-hybridized carbons (Fsp3) is 0.133. The fourth-order valence-corrected chi connectivity index (χ4v) is 3.01. The molecule has 23 heavy (non-hydrogen) atoms. The minimum atomic E-state index is -3.97. The number of carbonyl (C=O) groups excluding carboxylic acids is 1. The Hall–Kier alpha value is -2.61. The first-order chi connectivity index (χ1) is 10.9. The Morgan fingerprint density at radius 3 is 2.52 bits per heavy atom. The summed E-state index contributed by atoms with van der Waals surface area (Å²) in [5, 5.41) is 2.41. The summed E-state index contributed by atoms with van der Waals surface area (Å²) >= 11 is 0. The third kappa shape index (κ3) is 3.78. The zero-order valence-corrected chi connectivity index (χ0v) is 13.3. The summed E-state index contributed by atoms with van der Waals surface area (Å²) in [7, 11) is -1.17. The molecule has 0 saturated heterocycles. The van der Waals surface area contributed by atoms with E-state index in [4.69, 9.17) is 4.74 Å². The van der Waals surface area contributed by atoms with Crippen LogP contribution in [0.3, 0.4) is 0 Å². The van der Waals surface area contributed by atoms with E-state index >= 15 is 0 Å². The van der Waals surface area contributed by atoms with E-state index in [0.717, 1.165) is 6.07 Å². The zero-order valence-electron chi connectivity index (χ0n) is 12.5. The predicted molar refractivity (Wildman–Crippen MR) is 83.6 cm³/mol. The number of ether oxygens (including phenoxy) is 1. The van der Waals surface area contributed by atoms with Crippen LogP contribution >= 0.6 is 0 Å². The molecule has 2 N–H and O–H groups in total. The lowest BCUT2D eigenvalue weighted by Gasteiger charge is -2.12. The topological polar surface area (TPSA) is 84.5 Å². The first kappa shape index (κ1) is 16.8. The molecule has 0 fully saturated rings. The van der Waals surface area contributed by atoms with Crippen molar-refractivity contribution in [2.75, 3.05) is 18.9 Å². The van der Waals surface area contributed by atoms with E-state index < -0.39 is 21.7 Å². The first-order valence-electron chi connectivity index (χ1n) is 6.56. The van der Waals surface area contributed by atoms with E-state index in [-0.39, 0.29) is 21.9 Å². The molecule has 2 rings (SSSR count). The molecule has 0 aromatic heterocycles. The Kier molecular flexibility index (Phi) is 4.85. The quantitative estimate of drug-likeness (QED) is 0.873. The molecular weight excluding hydrogens is 323 g/mol. The van der Waals surface area contributed by atoms with Gasteiger partial charge in [0, 0.05) is 7.05 Å². The molecule has 0 atom stereocenters. The molecule has 0 heterocycles. The highest BCUT2D eigenvalue weighted by Crippen LogP contribution is 2.24. The van der Waals surface area contributed by atoms with Crippen LogP contribution in [0.2, 0.25) is 0 Å². The molecule has 0 aliphatic carbocycles. The SMILES string of the molecule is CNC(=O)c1cc(S(=O)(=O)Nc2cccc(F)c2)ccc1OC. The second-order valence-corrected chi connectivity index (χ2v) is 6.24. The van der Waals surface area contributed by atoms with Crippen molar-refractivity contribution in [2.24, 2.45) is 0 Å². The summed E-state index contributed by atoms with van der Waals surface area (Å²) in [4.78, 5) is 11.7. The van der Waals surface area contributed by atoms with Crippen molar-refractivity contribution in [3.05, 3.63) is 53.8 Å². The third-order valence-electron chi connectivity index (χ3n) is 3.03. The van der Waals surface area contributed by atoms with Crippen LogP contribution in [-0.2, 0) is 10.0 Å². The van der Waals surface area contributed by atoms with Crippen LogP contribution in [0.25, 0.3) is 0 Å². The summed E-state index contributed by atoms with van der Waals surface area (Å²) in [6.07, 6.45) is 0. The van der Waals surface area contributed by atoms with Gasteiger partial charge in [-0.25, -0.2) is 12.8 Å². The second kappa shape index (κ2) is 6.66. The summed E-state index contributed by atoms with van der Waals surface area (Å²) < 4.78 is 45.2. The van der Waals surface area contributed by atoms with Crippen LogP contribution in [0.1, 0.15) is 10.4 Å². The highest BCUT2D eigenvalue weighted by Gasteiger charge is 2.19. The standard InChI is InChI=1S/C15H15FN2O4S/c1-17-15(19)13-9-12(6-7-14(13)22-2)23(20,21)18-11-5-3-4-10(16)8-11/h3-9,18H,1-2H3,(H,17,19). The summed E-state index contributed by atoms with van der Waals surface area (Å²) in [6.45, 7) is 0. The fourth-order valence-electron chi connectivity index (χ4n) is 1.93. The Morgan fingerprint density at radius 1 is 1.17 bits per heavy atom. The summed E-state index contributed by atoms with van der Waals surface area (Å²) in [6, 6.07) is 8.94. The van der Waals surface area contributed by atoms with Gasteiger partial charge in [-0.05, 0) is 36.4 Å². The maximum atomic E-state index is 13.2. The highest BCUT2D eigenvalue weighted by molar-refractivity contribution is 7.92. The number of halogens is 1. The van der Waals surface area contributed by atoms with Gasteiger partial charge in [-0.3, -0.25) is 9.52 Å². The molecular formula is C15H15FN2O4S. The molecule has 2 aromatic carbocycles. The highest BCUT2D eigenvalue weighted by atomic mass is 32.2. The van der Waals surface area contributed by atoms with E-state index in [0.29, 0.717) is 0 Å². The predicted octanol–water partition coefficient (Wildman–Crippen LogP) is 1.99. The number of nitrogens with one attached hydrogen (secondary N) is 2. The maximum Gasteiger partial charge on any atom is 0.261 e. The number of methoxy groups -OCH3 is 1. The number of hydrogen-bond donors (Lipinski definition) is 2. The van der Waals surface area contributed by atoms with Crippen LogP contribution in [0.4, 0.5) is 10.1 Å². The van der Waals surface area contributed by atoms with Gasteiger partial charge in [-0.2, -0.15) is 0 Å². The number of rotatable bonds is 5. The molecule has 1 amide bonds. The summed E-state index contributed by atoms with van der Waals surface area (Å²) in [5.74, 6) is -0.801. The monoisotopic (exact) mass is 338 g/mol. The molecule has 0 radical (unpaired) electrons. The van der Waals surface area contributed by atoms with Crippen LogP contribution in [-0.4, -0.2) is 28.5 Å². The van der Waals surface area contributed by atoms with Gasteiger partial charge in [-0.15, -0.1) is 0 Å². The Balaban J connectivity index is 2.42.